The Morgan fingerprint density at radius 1 is 1.30 bits per heavy atom. The first kappa shape index (κ1) is 20.2. The van der Waals surface area contributed by atoms with E-state index in [1.165, 1.54) is 0 Å². The SMILES string of the molecule is CC(C)(C)NC(=O)CNC(=O)C1(N)C2CCCOC2C1(C)C.Cl. The molecular weight excluding hydrogens is 318 g/mol. The van der Waals surface area contributed by atoms with Gasteiger partial charge in [-0.2, -0.15) is 0 Å². The number of fused-ring (bicyclic) bond motifs is 1. The summed E-state index contributed by atoms with van der Waals surface area (Å²) in [5.41, 5.74) is 4.75. The van der Waals surface area contributed by atoms with Crippen LogP contribution in [-0.4, -0.2) is 42.1 Å². The van der Waals surface area contributed by atoms with Gasteiger partial charge in [0.1, 0.15) is 5.54 Å². The van der Waals surface area contributed by atoms with Crippen molar-refractivity contribution >= 4 is 24.2 Å². The van der Waals surface area contributed by atoms with Gasteiger partial charge in [-0.1, -0.05) is 13.8 Å². The molecule has 134 valence electrons. The smallest absolute Gasteiger partial charge is 0.241 e. The maximum atomic E-state index is 12.6. The molecule has 2 aliphatic rings. The first-order valence-electron chi connectivity index (χ1n) is 8.00. The van der Waals surface area contributed by atoms with E-state index >= 15 is 0 Å². The van der Waals surface area contributed by atoms with Crippen LogP contribution in [0.25, 0.3) is 0 Å². The zero-order valence-electron chi connectivity index (χ0n) is 14.7. The number of halogens is 1. The van der Waals surface area contributed by atoms with Crippen molar-refractivity contribution in [3.05, 3.63) is 0 Å². The van der Waals surface area contributed by atoms with Gasteiger partial charge in [0.15, 0.2) is 0 Å². The highest BCUT2D eigenvalue weighted by atomic mass is 35.5. The molecule has 6 nitrogen and oxygen atoms in total. The fourth-order valence-corrected chi connectivity index (χ4v) is 3.81. The number of amides is 2. The standard InChI is InChI=1S/C16H29N3O3.ClH/c1-14(2,3)19-11(20)9-18-13(21)16(17)10-7-6-8-22-12(10)15(16,4)5;/h10,12H,6-9,17H2,1-5H3,(H,18,21)(H,19,20);1H. The molecule has 23 heavy (non-hydrogen) atoms. The Hall–Kier alpha value is -0.850. The fraction of sp³-hybridized carbons (Fsp3) is 0.875. The van der Waals surface area contributed by atoms with E-state index < -0.39 is 11.0 Å². The fourth-order valence-electron chi connectivity index (χ4n) is 3.81. The van der Waals surface area contributed by atoms with Gasteiger partial charge in [0.05, 0.1) is 12.6 Å². The van der Waals surface area contributed by atoms with Crippen molar-refractivity contribution in [2.45, 2.75) is 64.6 Å². The predicted octanol–water partition coefficient (Wildman–Crippen LogP) is 0.972. The Labute approximate surface area is 144 Å². The quantitative estimate of drug-likeness (QED) is 0.709. The summed E-state index contributed by atoms with van der Waals surface area (Å²) in [6, 6.07) is 0. The summed E-state index contributed by atoms with van der Waals surface area (Å²) in [6.45, 7) is 10.3. The normalized spacial score (nSPS) is 31.9. The summed E-state index contributed by atoms with van der Waals surface area (Å²) < 4.78 is 5.79. The van der Waals surface area contributed by atoms with Crippen LogP contribution in [0.3, 0.4) is 0 Å². The van der Waals surface area contributed by atoms with Crippen LogP contribution in [0, 0.1) is 11.3 Å². The summed E-state index contributed by atoms with van der Waals surface area (Å²) in [4.78, 5) is 24.5. The number of ether oxygens (including phenoxy) is 1. The van der Waals surface area contributed by atoms with Crippen LogP contribution in [0.15, 0.2) is 0 Å². The molecule has 1 aliphatic carbocycles. The van der Waals surface area contributed by atoms with E-state index in [1.54, 1.807) is 0 Å². The lowest BCUT2D eigenvalue weighted by Gasteiger charge is -2.65. The monoisotopic (exact) mass is 347 g/mol. The second kappa shape index (κ2) is 6.57. The molecule has 7 heteroatoms. The van der Waals surface area contributed by atoms with Crippen LogP contribution >= 0.6 is 12.4 Å². The minimum absolute atomic E-state index is 0. The molecule has 3 atom stereocenters. The molecule has 0 aromatic carbocycles. The number of nitrogens with one attached hydrogen (secondary N) is 2. The van der Waals surface area contributed by atoms with Crippen LogP contribution in [0.4, 0.5) is 0 Å². The summed E-state index contributed by atoms with van der Waals surface area (Å²) in [7, 11) is 0. The molecule has 0 aromatic rings. The maximum Gasteiger partial charge on any atom is 0.241 e. The molecule has 1 aliphatic heterocycles. The van der Waals surface area contributed by atoms with Gasteiger partial charge < -0.3 is 21.1 Å². The van der Waals surface area contributed by atoms with Gasteiger partial charge in [-0.25, -0.2) is 0 Å². The molecule has 0 spiro atoms. The number of hydrogen-bond acceptors (Lipinski definition) is 4. The van der Waals surface area contributed by atoms with Crippen LogP contribution in [0.1, 0.15) is 47.5 Å². The van der Waals surface area contributed by atoms with Gasteiger partial charge in [-0.3, -0.25) is 9.59 Å². The predicted molar refractivity (Wildman–Crippen MR) is 91.3 cm³/mol. The Bertz CT molecular complexity index is 476. The zero-order valence-corrected chi connectivity index (χ0v) is 15.5. The second-order valence-corrected chi connectivity index (χ2v) is 8.11. The van der Waals surface area contributed by atoms with Gasteiger partial charge in [0, 0.05) is 23.5 Å². The molecule has 4 N–H and O–H groups in total. The Balaban J connectivity index is 0.00000264. The molecular formula is C16H30ClN3O3. The van der Waals surface area contributed by atoms with Crippen molar-refractivity contribution in [3.63, 3.8) is 0 Å². The van der Waals surface area contributed by atoms with Crippen molar-refractivity contribution in [3.8, 4) is 0 Å². The van der Waals surface area contributed by atoms with E-state index in [1.807, 2.05) is 34.6 Å². The van der Waals surface area contributed by atoms with Crippen LogP contribution in [0.2, 0.25) is 0 Å². The zero-order chi connectivity index (χ0) is 16.8. The third kappa shape index (κ3) is 3.49. The number of carbonyl (C=O) groups excluding carboxylic acids is 2. The van der Waals surface area contributed by atoms with Crippen LogP contribution in [-0.2, 0) is 14.3 Å². The minimum Gasteiger partial charge on any atom is -0.377 e. The largest absolute Gasteiger partial charge is 0.377 e. The van der Waals surface area contributed by atoms with Crippen molar-refractivity contribution in [1.29, 1.82) is 0 Å². The maximum absolute atomic E-state index is 12.6. The lowest BCUT2D eigenvalue weighted by molar-refractivity contribution is -0.225. The number of hydrogen-bond donors (Lipinski definition) is 3. The van der Waals surface area contributed by atoms with Gasteiger partial charge in [0.25, 0.3) is 0 Å². The Morgan fingerprint density at radius 2 is 1.91 bits per heavy atom. The summed E-state index contributed by atoms with van der Waals surface area (Å²) >= 11 is 0. The minimum atomic E-state index is -0.972. The highest BCUT2D eigenvalue weighted by molar-refractivity contribution is 5.92. The molecule has 2 fully saturated rings. The highest BCUT2D eigenvalue weighted by Gasteiger charge is 2.70. The van der Waals surface area contributed by atoms with E-state index in [0.29, 0.717) is 0 Å². The van der Waals surface area contributed by atoms with Crippen molar-refractivity contribution in [2.24, 2.45) is 17.1 Å². The summed E-state index contributed by atoms with van der Waals surface area (Å²) in [6.07, 6.45) is 1.85. The third-order valence-corrected chi connectivity index (χ3v) is 4.98. The van der Waals surface area contributed by atoms with Crippen LogP contribution < -0.4 is 16.4 Å². The number of carbonyl (C=O) groups is 2. The van der Waals surface area contributed by atoms with E-state index in [2.05, 4.69) is 10.6 Å². The van der Waals surface area contributed by atoms with E-state index in [-0.39, 0.29) is 48.3 Å². The first-order chi connectivity index (χ1) is 10.00. The van der Waals surface area contributed by atoms with Crippen molar-refractivity contribution in [1.82, 2.24) is 10.6 Å². The number of rotatable bonds is 3. The van der Waals surface area contributed by atoms with E-state index in [0.717, 1.165) is 19.4 Å². The molecule has 2 amide bonds. The highest BCUT2D eigenvalue weighted by Crippen LogP contribution is 2.57. The van der Waals surface area contributed by atoms with Crippen molar-refractivity contribution < 1.29 is 14.3 Å². The number of nitrogens with two attached hydrogens (primary N) is 1. The molecule has 1 saturated carbocycles. The average Bonchev–Trinajstić information content (AvgIpc) is 2.42. The van der Waals surface area contributed by atoms with E-state index in [9.17, 15) is 9.59 Å². The first-order valence-corrected chi connectivity index (χ1v) is 8.00. The molecule has 0 radical (unpaired) electrons. The molecule has 0 aromatic heterocycles. The average molecular weight is 348 g/mol. The van der Waals surface area contributed by atoms with Gasteiger partial charge in [-0.15, -0.1) is 12.4 Å². The molecule has 0 bridgehead atoms. The molecule has 3 unspecified atom stereocenters. The second-order valence-electron chi connectivity index (χ2n) is 8.11. The Kier molecular flexibility index (Phi) is 5.77. The van der Waals surface area contributed by atoms with Gasteiger partial charge in [0.2, 0.25) is 11.8 Å². The molecule has 1 saturated heterocycles. The van der Waals surface area contributed by atoms with Gasteiger partial charge >= 0.3 is 0 Å². The topological polar surface area (TPSA) is 93.5 Å². The summed E-state index contributed by atoms with van der Waals surface area (Å²) in [5.74, 6) is -0.437. The third-order valence-electron chi connectivity index (χ3n) is 4.98. The lowest BCUT2D eigenvalue weighted by atomic mass is 9.46. The van der Waals surface area contributed by atoms with Crippen LogP contribution in [0.5, 0.6) is 0 Å². The molecule has 1 heterocycles. The van der Waals surface area contributed by atoms with E-state index in [4.69, 9.17) is 10.5 Å². The van der Waals surface area contributed by atoms with Crippen molar-refractivity contribution in [2.75, 3.05) is 13.2 Å². The Morgan fingerprint density at radius 3 is 2.48 bits per heavy atom. The van der Waals surface area contributed by atoms with Gasteiger partial charge in [-0.05, 0) is 33.6 Å². The summed E-state index contributed by atoms with van der Waals surface area (Å²) in [5, 5.41) is 5.52. The molecule has 2 rings (SSSR count). The lowest BCUT2D eigenvalue weighted by Crippen LogP contribution is -2.82.